The summed E-state index contributed by atoms with van der Waals surface area (Å²) in [4.78, 5) is 4.45. The first-order valence-electron chi connectivity index (χ1n) is 7.39. The molecule has 1 heterocycles. The summed E-state index contributed by atoms with van der Waals surface area (Å²) < 4.78 is 27.2. The van der Waals surface area contributed by atoms with Crippen molar-refractivity contribution in [1.29, 1.82) is 0 Å². The van der Waals surface area contributed by atoms with Crippen molar-refractivity contribution in [3.8, 4) is 0 Å². The summed E-state index contributed by atoms with van der Waals surface area (Å²) in [6.45, 7) is 4.05. The first kappa shape index (κ1) is 22.3. The number of thioether (sulfide) groups is 1. The highest BCUT2D eigenvalue weighted by molar-refractivity contribution is 14.0. The van der Waals surface area contributed by atoms with Crippen molar-refractivity contribution in [2.75, 3.05) is 49.8 Å². The smallest absolute Gasteiger partial charge is 0.191 e. The van der Waals surface area contributed by atoms with E-state index in [4.69, 9.17) is 4.74 Å². The Morgan fingerprint density at radius 3 is 2.77 bits per heavy atom. The zero-order valence-corrected chi connectivity index (χ0v) is 17.3. The van der Waals surface area contributed by atoms with Crippen molar-refractivity contribution in [3.63, 3.8) is 0 Å². The van der Waals surface area contributed by atoms with E-state index in [2.05, 4.69) is 15.6 Å². The molecule has 1 fully saturated rings. The van der Waals surface area contributed by atoms with Crippen molar-refractivity contribution >= 4 is 51.5 Å². The fourth-order valence-electron chi connectivity index (χ4n) is 1.90. The zero-order chi connectivity index (χ0) is 15.6. The van der Waals surface area contributed by atoms with Gasteiger partial charge < -0.3 is 15.4 Å². The van der Waals surface area contributed by atoms with Gasteiger partial charge in [-0.05, 0) is 25.5 Å². The van der Waals surface area contributed by atoms with Crippen molar-refractivity contribution in [2.24, 2.45) is 4.99 Å². The van der Waals surface area contributed by atoms with E-state index < -0.39 is 9.84 Å². The Labute approximate surface area is 155 Å². The molecule has 1 aliphatic rings. The molecule has 0 aromatic rings. The van der Waals surface area contributed by atoms with Gasteiger partial charge >= 0.3 is 0 Å². The molecule has 1 unspecified atom stereocenters. The van der Waals surface area contributed by atoms with Gasteiger partial charge in [0, 0.05) is 24.6 Å². The van der Waals surface area contributed by atoms with Crippen LogP contribution in [0.2, 0.25) is 0 Å². The van der Waals surface area contributed by atoms with Crippen LogP contribution in [-0.2, 0) is 14.6 Å². The summed E-state index contributed by atoms with van der Waals surface area (Å²) in [6, 6.07) is 0.479. The molecule has 0 aromatic carbocycles. The number of ether oxygens (including phenoxy) is 1. The van der Waals surface area contributed by atoms with Gasteiger partial charge in [-0.15, -0.1) is 24.0 Å². The van der Waals surface area contributed by atoms with E-state index in [1.54, 1.807) is 0 Å². The molecule has 1 saturated heterocycles. The largest absolute Gasteiger partial charge is 0.378 e. The summed E-state index contributed by atoms with van der Waals surface area (Å²) in [5.74, 6) is 3.25. The molecule has 0 bridgehead atoms. The van der Waals surface area contributed by atoms with Gasteiger partial charge in [0.15, 0.2) is 5.96 Å². The first-order chi connectivity index (χ1) is 10.0. The molecule has 0 saturated carbocycles. The molecule has 132 valence electrons. The van der Waals surface area contributed by atoms with Gasteiger partial charge in [-0.3, -0.25) is 4.99 Å². The number of rotatable bonds is 8. The maximum absolute atomic E-state index is 10.9. The Balaban J connectivity index is 0.00000441. The highest BCUT2D eigenvalue weighted by atomic mass is 127. The van der Waals surface area contributed by atoms with Gasteiger partial charge in [0.05, 0.1) is 25.5 Å². The first-order valence-corrected chi connectivity index (χ1v) is 10.6. The van der Waals surface area contributed by atoms with Gasteiger partial charge in [-0.1, -0.05) is 0 Å². The minimum Gasteiger partial charge on any atom is -0.378 e. The van der Waals surface area contributed by atoms with Crippen LogP contribution in [0.4, 0.5) is 0 Å². The molecule has 0 aliphatic carbocycles. The summed E-state index contributed by atoms with van der Waals surface area (Å²) in [5.41, 5.74) is 0. The lowest BCUT2D eigenvalue weighted by Gasteiger charge is -2.24. The summed E-state index contributed by atoms with van der Waals surface area (Å²) in [5, 5.41) is 6.66. The minimum atomic E-state index is -2.94. The average Bonchev–Trinajstić information content (AvgIpc) is 2.43. The van der Waals surface area contributed by atoms with Crippen LogP contribution in [0.5, 0.6) is 0 Å². The molecule has 0 amide bonds. The number of sulfone groups is 1. The summed E-state index contributed by atoms with van der Waals surface area (Å²) in [7, 11) is -2.94. The van der Waals surface area contributed by atoms with Crippen molar-refractivity contribution in [2.45, 2.75) is 25.8 Å². The number of aliphatic imine (C=N–C) groups is 1. The van der Waals surface area contributed by atoms with E-state index in [1.165, 1.54) is 24.9 Å². The quantitative estimate of drug-likeness (QED) is 0.242. The summed E-state index contributed by atoms with van der Waals surface area (Å²) >= 11 is 1.97. The molecular formula is C13H28IN3O3S2. The van der Waals surface area contributed by atoms with Gasteiger partial charge in [0.25, 0.3) is 0 Å². The van der Waals surface area contributed by atoms with Crippen molar-refractivity contribution in [3.05, 3.63) is 0 Å². The van der Waals surface area contributed by atoms with Gasteiger partial charge in [-0.25, -0.2) is 8.42 Å². The predicted octanol–water partition coefficient (Wildman–Crippen LogP) is 1.12. The van der Waals surface area contributed by atoms with Crippen LogP contribution in [-0.4, -0.2) is 70.2 Å². The molecule has 0 aromatic heterocycles. The normalized spacial score (nSPS) is 19.4. The highest BCUT2D eigenvalue weighted by Gasteiger charge is 2.14. The third-order valence-electron chi connectivity index (χ3n) is 2.95. The average molecular weight is 465 g/mol. The van der Waals surface area contributed by atoms with Crippen LogP contribution in [0.1, 0.15) is 19.8 Å². The van der Waals surface area contributed by atoms with Crippen LogP contribution in [0.15, 0.2) is 4.99 Å². The second-order valence-electron chi connectivity index (χ2n) is 5.06. The maximum Gasteiger partial charge on any atom is 0.191 e. The molecule has 0 spiro atoms. The van der Waals surface area contributed by atoms with E-state index in [0.717, 1.165) is 18.3 Å². The maximum atomic E-state index is 10.9. The van der Waals surface area contributed by atoms with Crippen molar-refractivity contribution in [1.82, 2.24) is 10.6 Å². The lowest BCUT2D eigenvalue weighted by atomic mass is 10.2. The van der Waals surface area contributed by atoms with Gasteiger partial charge in [0.2, 0.25) is 0 Å². The molecular weight excluding hydrogens is 437 g/mol. The molecule has 0 radical (unpaired) electrons. The Morgan fingerprint density at radius 1 is 1.41 bits per heavy atom. The van der Waals surface area contributed by atoms with Gasteiger partial charge in [0.1, 0.15) is 9.84 Å². The number of halogens is 1. The molecule has 9 heteroatoms. The Kier molecular flexibility index (Phi) is 12.8. The Hall–Kier alpha value is 0.260. The number of hydrogen-bond acceptors (Lipinski definition) is 5. The Bertz CT molecular complexity index is 413. The number of nitrogens with zero attached hydrogens (tertiary/aromatic N) is 1. The fourth-order valence-corrected chi connectivity index (χ4v) is 3.39. The number of guanidine groups is 1. The van der Waals surface area contributed by atoms with Crippen LogP contribution in [0, 0.1) is 0 Å². The molecule has 2 N–H and O–H groups in total. The summed E-state index contributed by atoms with van der Waals surface area (Å²) in [6.07, 6.45) is 3.64. The van der Waals surface area contributed by atoms with E-state index in [9.17, 15) is 8.42 Å². The third kappa shape index (κ3) is 11.8. The zero-order valence-electron chi connectivity index (χ0n) is 13.3. The SMILES string of the molecule is CCNC(=NCCOCCS(C)(=O)=O)NC1CCCSC1.I. The molecule has 1 atom stereocenters. The van der Waals surface area contributed by atoms with Crippen LogP contribution in [0.25, 0.3) is 0 Å². The fraction of sp³-hybridized carbons (Fsp3) is 0.923. The molecule has 22 heavy (non-hydrogen) atoms. The number of nitrogens with one attached hydrogen (secondary N) is 2. The second-order valence-corrected chi connectivity index (χ2v) is 8.47. The molecule has 1 rings (SSSR count). The van der Waals surface area contributed by atoms with Crippen LogP contribution < -0.4 is 10.6 Å². The van der Waals surface area contributed by atoms with Crippen molar-refractivity contribution < 1.29 is 13.2 Å². The van der Waals surface area contributed by atoms with Gasteiger partial charge in [-0.2, -0.15) is 11.8 Å². The van der Waals surface area contributed by atoms with E-state index in [0.29, 0.717) is 19.2 Å². The van der Waals surface area contributed by atoms with E-state index in [1.807, 2.05) is 18.7 Å². The monoisotopic (exact) mass is 465 g/mol. The second kappa shape index (κ2) is 12.7. The lowest BCUT2D eigenvalue weighted by Crippen LogP contribution is -2.45. The minimum absolute atomic E-state index is 0. The van der Waals surface area contributed by atoms with E-state index >= 15 is 0 Å². The van der Waals surface area contributed by atoms with Crippen LogP contribution in [0.3, 0.4) is 0 Å². The third-order valence-corrected chi connectivity index (χ3v) is 5.07. The topological polar surface area (TPSA) is 79.8 Å². The molecule has 6 nitrogen and oxygen atoms in total. The number of hydrogen-bond donors (Lipinski definition) is 2. The highest BCUT2D eigenvalue weighted by Crippen LogP contribution is 2.16. The van der Waals surface area contributed by atoms with E-state index in [-0.39, 0.29) is 36.3 Å². The predicted molar refractivity (Wildman–Crippen MR) is 105 cm³/mol. The van der Waals surface area contributed by atoms with Crippen LogP contribution >= 0.6 is 35.7 Å². The standard InChI is InChI=1S/C13H27N3O3S2.HI/c1-3-14-13(16-12-5-4-9-20-11-12)15-6-7-19-8-10-21(2,17)18;/h12H,3-11H2,1-2H3,(H2,14,15,16);1H. The lowest BCUT2D eigenvalue weighted by molar-refractivity contribution is 0.157. The molecule has 1 aliphatic heterocycles. The Morgan fingerprint density at radius 2 is 2.18 bits per heavy atom.